The largest absolute Gasteiger partial charge is 0.481 e. The molecular weight excluding hydrogens is 474 g/mol. The van der Waals surface area contributed by atoms with Crippen molar-refractivity contribution in [3.63, 3.8) is 0 Å². The molecule has 0 spiro atoms. The number of carboxylic acid groups (broad SMARTS) is 1. The molecule has 1 fully saturated rings. The number of rotatable bonds is 8. The van der Waals surface area contributed by atoms with Crippen LogP contribution in [0, 0.1) is 0 Å². The maximum Gasteiger partial charge on any atom is 0.410 e. The van der Waals surface area contributed by atoms with E-state index in [-0.39, 0.29) is 37.0 Å². The molecule has 37 heavy (non-hydrogen) atoms. The third-order valence-corrected chi connectivity index (χ3v) is 6.91. The summed E-state index contributed by atoms with van der Waals surface area (Å²) < 4.78 is 5.44. The number of carbonyl (C=O) groups is 3. The fourth-order valence-electron chi connectivity index (χ4n) is 4.97. The van der Waals surface area contributed by atoms with Gasteiger partial charge in [-0.05, 0) is 47.6 Å². The zero-order valence-electron chi connectivity index (χ0n) is 21.5. The Kier molecular flexibility index (Phi) is 8.78. The Labute approximate surface area is 217 Å². The minimum atomic E-state index is -0.807. The fourth-order valence-corrected chi connectivity index (χ4v) is 4.97. The number of hydrogen-bond donors (Lipinski definition) is 1. The van der Waals surface area contributed by atoms with Gasteiger partial charge in [0.15, 0.2) is 0 Å². The number of hydrogen-bond acceptors (Lipinski definition) is 6. The number of nitrogens with zero attached hydrogens (tertiary/aromatic N) is 3. The van der Waals surface area contributed by atoms with Gasteiger partial charge < -0.3 is 14.7 Å². The highest BCUT2D eigenvalue weighted by atomic mass is 16.7. The molecule has 0 saturated carbocycles. The molecule has 1 unspecified atom stereocenters. The topological polar surface area (TPSA) is 99.6 Å². The van der Waals surface area contributed by atoms with E-state index in [2.05, 4.69) is 11.8 Å². The second-order valence-corrected chi connectivity index (χ2v) is 9.81. The average molecular weight is 510 g/mol. The second kappa shape index (κ2) is 12.2. The second-order valence-electron chi connectivity index (χ2n) is 9.81. The predicted octanol–water partition coefficient (Wildman–Crippen LogP) is 4.17. The van der Waals surface area contributed by atoms with Crippen LogP contribution in [0.5, 0.6) is 0 Å². The van der Waals surface area contributed by atoms with Gasteiger partial charge in [0.1, 0.15) is 6.61 Å². The molecule has 2 heterocycles. The van der Waals surface area contributed by atoms with E-state index in [9.17, 15) is 14.4 Å². The SMILES string of the molecule is CC(=O)N(OC1CCN(C(=O)OCc2ccccc2)CC1)c1ccc2c(c1)CN(CCC(=O)O)CC2C. The van der Waals surface area contributed by atoms with Crippen LogP contribution in [-0.4, -0.2) is 65.2 Å². The number of benzene rings is 2. The molecule has 0 bridgehead atoms. The van der Waals surface area contributed by atoms with Gasteiger partial charge in [0.05, 0.1) is 18.2 Å². The van der Waals surface area contributed by atoms with Crippen LogP contribution in [-0.2, 0) is 32.3 Å². The van der Waals surface area contributed by atoms with Crippen LogP contribution in [0.1, 0.15) is 55.7 Å². The molecule has 0 aromatic heterocycles. The maximum absolute atomic E-state index is 12.5. The van der Waals surface area contributed by atoms with Gasteiger partial charge in [0.25, 0.3) is 0 Å². The highest BCUT2D eigenvalue weighted by Crippen LogP contribution is 2.32. The van der Waals surface area contributed by atoms with Crippen molar-refractivity contribution in [2.75, 3.05) is 31.2 Å². The number of piperidine rings is 1. The van der Waals surface area contributed by atoms with Gasteiger partial charge in [-0.15, -0.1) is 0 Å². The van der Waals surface area contributed by atoms with Crippen LogP contribution in [0.25, 0.3) is 0 Å². The van der Waals surface area contributed by atoms with E-state index >= 15 is 0 Å². The lowest BCUT2D eigenvalue weighted by Gasteiger charge is -2.35. The Balaban J connectivity index is 1.34. The summed E-state index contributed by atoms with van der Waals surface area (Å²) in [6.45, 7) is 6.74. The number of amides is 2. The molecule has 9 nitrogen and oxygen atoms in total. The first kappa shape index (κ1) is 26.6. The molecule has 1 atom stereocenters. The zero-order chi connectivity index (χ0) is 26.4. The van der Waals surface area contributed by atoms with Gasteiger partial charge >= 0.3 is 12.1 Å². The Bertz CT molecular complexity index is 1100. The molecule has 2 aromatic carbocycles. The van der Waals surface area contributed by atoms with E-state index < -0.39 is 5.97 Å². The molecule has 2 aliphatic rings. The number of hydroxylamine groups is 1. The summed E-state index contributed by atoms with van der Waals surface area (Å²) in [7, 11) is 0. The van der Waals surface area contributed by atoms with Gasteiger partial charge in [-0.25, -0.2) is 4.79 Å². The summed E-state index contributed by atoms with van der Waals surface area (Å²) in [5, 5.41) is 10.4. The molecule has 1 saturated heterocycles. The maximum atomic E-state index is 12.5. The standard InChI is InChI=1S/C28H35N3O6/c1-20-17-29(13-12-27(33)34)18-23-16-24(8-9-26(20)23)31(21(2)32)37-25-10-14-30(15-11-25)28(35)36-19-22-6-4-3-5-7-22/h3-9,16,20,25H,10-15,17-19H2,1-2H3,(H,33,34). The van der Waals surface area contributed by atoms with Crippen LogP contribution in [0.2, 0.25) is 0 Å². The predicted molar refractivity (Wildman–Crippen MR) is 138 cm³/mol. The quantitative estimate of drug-likeness (QED) is 0.533. The van der Waals surface area contributed by atoms with E-state index in [1.807, 2.05) is 48.5 Å². The fraction of sp³-hybridized carbons (Fsp3) is 0.464. The van der Waals surface area contributed by atoms with Gasteiger partial charge in [0.2, 0.25) is 5.91 Å². The lowest BCUT2D eigenvalue weighted by molar-refractivity contribution is -0.137. The Hall–Kier alpha value is -3.43. The first-order valence-corrected chi connectivity index (χ1v) is 12.8. The molecule has 2 aliphatic heterocycles. The van der Waals surface area contributed by atoms with Crippen LogP contribution in [0.4, 0.5) is 10.5 Å². The van der Waals surface area contributed by atoms with Crippen LogP contribution < -0.4 is 5.06 Å². The molecule has 9 heteroatoms. The molecule has 0 radical (unpaired) electrons. The number of aliphatic carboxylic acids is 1. The molecule has 198 valence electrons. The Morgan fingerprint density at radius 1 is 1.08 bits per heavy atom. The lowest BCUT2D eigenvalue weighted by atomic mass is 9.90. The van der Waals surface area contributed by atoms with E-state index in [1.54, 1.807) is 4.90 Å². The van der Waals surface area contributed by atoms with E-state index in [4.69, 9.17) is 14.7 Å². The summed E-state index contributed by atoms with van der Waals surface area (Å²) in [5.41, 5.74) is 3.88. The molecular formula is C28H35N3O6. The van der Waals surface area contributed by atoms with Gasteiger partial charge in [-0.1, -0.05) is 43.3 Å². The van der Waals surface area contributed by atoms with Crippen molar-refractivity contribution < 1.29 is 29.1 Å². The number of ether oxygens (including phenoxy) is 1. The van der Waals surface area contributed by atoms with Crippen molar-refractivity contribution in [1.82, 2.24) is 9.80 Å². The van der Waals surface area contributed by atoms with Crippen molar-refractivity contribution in [3.05, 3.63) is 65.2 Å². The monoisotopic (exact) mass is 509 g/mol. The zero-order valence-corrected chi connectivity index (χ0v) is 21.5. The first-order chi connectivity index (χ1) is 17.8. The molecule has 2 aromatic rings. The normalized spacial score (nSPS) is 18.2. The number of anilines is 1. The number of fused-ring (bicyclic) bond motifs is 1. The molecule has 4 rings (SSSR count). The van der Waals surface area contributed by atoms with Crippen LogP contribution in [0.3, 0.4) is 0 Å². The minimum Gasteiger partial charge on any atom is -0.481 e. The Morgan fingerprint density at radius 2 is 1.81 bits per heavy atom. The van der Waals surface area contributed by atoms with Gasteiger partial charge in [0, 0.05) is 39.6 Å². The Morgan fingerprint density at radius 3 is 2.49 bits per heavy atom. The third kappa shape index (κ3) is 7.08. The molecule has 2 amide bonds. The highest BCUT2D eigenvalue weighted by Gasteiger charge is 2.29. The van der Waals surface area contributed by atoms with Crippen molar-refractivity contribution in [3.8, 4) is 0 Å². The van der Waals surface area contributed by atoms with Crippen LogP contribution in [0.15, 0.2) is 48.5 Å². The number of carboxylic acids is 1. The van der Waals surface area contributed by atoms with Gasteiger partial charge in [-0.3, -0.25) is 19.3 Å². The van der Waals surface area contributed by atoms with Crippen molar-refractivity contribution in [2.24, 2.45) is 0 Å². The highest BCUT2D eigenvalue weighted by molar-refractivity contribution is 5.89. The van der Waals surface area contributed by atoms with Crippen molar-refractivity contribution >= 4 is 23.7 Å². The van der Waals surface area contributed by atoms with E-state index in [0.717, 1.165) is 17.7 Å². The number of likely N-dealkylation sites (tertiary alicyclic amines) is 1. The van der Waals surface area contributed by atoms with E-state index in [1.165, 1.54) is 17.6 Å². The van der Waals surface area contributed by atoms with Crippen LogP contribution >= 0.6 is 0 Å². The summed E-state index contributed by atoms with van der Waals surface area (Å²) in [6.07, 6.45) is 0.735. The number of carbonyl (C=O) groups excluding carboxylic acids is 2. The molecule has 0 aliphatic carbocycles. The minimum absolute atomic E-state index is 0.100. The summed E-state index contributed by atoms with van der Waals surface area (Å²) >= 11 is 0. The van der Waals surface area contributed by atoms with E-state index in [0.29, 0.717) is 44.7 Å². The summed E-state index contributed by atoms with van der Waals surface area (Å²) in [4.78, 5) is 45.9. The van der Waals surface area contributed by atoms with Crippen molar-refractivity contribution in [1.29, 1.82) is 0 Å². The summed E-state index contributed by atoms with van der Waals surface area (Å²) in [6, 6.07) is 15.5. The molecule has 1 N–H and O–H groups in total. The lowest BCUT2D eigenvalue weighted by Crippen LogP contribution is -2.44. The van der Waals surface area contributed by atoms with Crippen molar-refractivity contribution in [2.45, 2.75) is 58.3 Å². The summed E-state index contributed by atoms with van der Waals surface area (Å²) in [5.74, 6) is -0.764. The average Bonchev–Trinajstić information content (AvgIpc) is 2.89. The smallest absolute Gasteiger partial charge is 0.410 e. The first-order valence-electron chi connectivity index (χ1n) is 12.8. The van der Waals surface area contributed by atoms with Gasteiger partial charge in [-0.2, -0.15) is 5.06 Å². The third-order valence-electron chi connectivity index (χ3n) is 6.91.